The predicted molar refractivity (Wildman–Crippen MR) is 104 cm³/mol. The Kier molecular flexibility index (Phi) is 5.04. The van der Waals surface area contributed by atoms with Gasteiger partial charge in [-0.25, -0.2) is 0 Å². The van der Waals surface area contributed by atoms with Crippen molar-refractivity contribution in [2.75, 3.05) is 12.4 Å². The molecule has 0 aliphatic carbocycles. The van der Waals surface area contributed by atoms with Gasteiger partial charge in [0.15, 0.2) is 10.9 Å². The van der Waals surface area contributed by atoms with Crippen molar-refractivity contribution < 1.29 is 18.9 Å². The van der Waals surface area contributed by atoms with Crippen LogP contribution in [0.25, 0.3) is 11.0 Å². The molecule has 9 heteroatoms. The Labute approximate surface area is 159 Å². The number of rotatable bonds is 4. The van der Waals surface area contributed by atoms with Gasteiger partial charge in [0.25, 0.3) is 11.6 Å². The zero-order chi connectivity index (χ0) is 19.6. The van der Waals surface area contributed by atoms with E-state index in [1.807, 2.05) is 18.2 Å². The number of amides is 1. The van der Waals surface area contributed by atoms with Crippen molar-refractivity contribution in [2.24, 2.45) is 0 Å². The Morgan fingerprint density at radius 1 is 1.26 bits per heavy atom. The number of benzene rings is 2. The summed E-state index contributed by atoms with van der Waals surface area (Å²) in [5, 5.41) is 17.0. The topological polar surface area (TPSA) is 107 Å². The number of nitro benzene ring substituents is 1. The SMILES string of the molecule is COc1cc([N+](=O)[O-])ccc1NC(=S)NC(=O)c1oc2ccccc2c1C. The number of furan rings is 1. The smallest absolute Gasteiger partial charge is 0.293 e. The predicted octanol–water partition coefficient (Wildman–Crippen LogP) is 3.78. The van der Waals surface area contributed by atoms with Crippen LogP contribution >= 0.6 is 12.2 Å². The lowest BCUT2D eigenvalue weighted by atomic mass is 10.1. The van der Waals surface area contributed by atoms with E-state index >= 15 is 0 Å². The molecule has 0 saturated carbocycles. The lowest BCUT2D eigenvalue weighted by Crippen LogP contribution is -2.34. The summed E-state index contributed by atoms with van der Waals surface area (Å²) in [6, 6.07) is 11.3. The fraction of sp³-hybridized carbons (Fsp3) is 0.111. The molecule has 0 saturated heterocycles. The van der Waals surface area contributed by atoms with Crippen LogP contribution in [0.2, 0.25) is 0 Å². The molecule has 0 aliphatic rings. The van der Waals surface area contributed by atoms with Crippen molar-refractivity contribution in [3.63, 3.8) is 0 Å². The van der Waals surface area contributed by atoms with E-state index in [4.69, 9.17) is 21.4 Å². The molecule has 0 aliphatic heterocycles. The van der Waals surface area contributed by atoms with Gasteiger partial charge in [0.05, 0.1) is 23.8 Å². The number of hydrogen-bond acceptors (Lipinski definition) is 6. The van der Waals surface area contributed by atoms with Crippen molar-refractivity contribution in [3.05, 3.63) is 63.9 Å². The highest BCUT2D eigenvalue weighted by Crippen LogP contribution is 2.29. The van der Waals surface area contributed by atoms with Gasteiger partial charge in [-0.1, -0.05) is 18.2 Å². The molecule has 0 spiro atoms. The second kappa shape index (κ2) is 7.42. The van der Waals surface area contributed by atoms with Gasteiger partial charge in [-0.2, -0.15) is 0 Å². The molecule has 2 aromatic carbocycles. The Bertz CT molecular complexity index is 1060. The van der Waals surface area contributed by atoms with Crippen molar-refractivity contribution in [1.29, 1.82) is 0 Å². The van der Waals surface area contributed by atoms with E-state index < -0.39 is 10.8 Å². The third kappa shape index (κ3) is 3.72. The number of nitrogens with zero attached hydrogens (tertiary/aromatic N) is 1. The minimum atomic E-state index is -0.531. The molecular weight excluding hydrogens is 370 g/mol. The summed E-state index contributed by atoms with van der Waals surface area (Å²) >= 11 is 5.15. The number of thiocarbonyl (C=S) groups is 1. The zero-order valence-electron chi connectivity index (χ0n) is 14.4. The molecule has 138 valence electrons. The van der Waals surface area contributed by atoms with Crippen LogP contribution in [0.1, 0.15) is 16.1 Å². The number of hydrogen-bond donors (Lipinski definition) is 2. The van der Waals surface area contributed by atoms with Crippen molar-refractivity contribution >= 4 is 45.6 Å². The Morgan fingerprint density at radius 3 is 2.67 bits per heavy atom. The summed E-state index contributed by atoms with van der Waals surface area (Å²) in [5.41, 5.74) is 1.58. The standard InChI is InChI=1S/C18H15N3O5S/c1-10-12-5-3-4-6-14(12)26-16(10)17(22)20-18(27)19-13-8-7-11(21(23)24)9-15(13)25-2/h3-9H,1-2H3,(H2,19,20,22,27). The number of ether oxygens (including phenoxy) is 1. The quantitative estimate of drug-likeness (QED) is 0.400. The first kappa shape index (κ1) is 18.3. The number of nitro groups is 1. The number of non-ortho nitro benzene ring substituents is 1. The minimum absolute atomic E-state index is 0.00649. The maximum atomic E-state index is 12.5. The number of carbonyl (C=O) groups excluding carboxylic acids is 1. The molecule has 8 nitrogen and oxygen atoms in total. The average Bonchev–Trinajstić information content (AvgIpc) is 2.99. The molecule has 1 heterocycles. The highest BCUT2D eigenvalue weighted by Gasteiger charge is 2.19. The maximum Gasteiger partial charge on any atom is 0.293 e. The van der Waals surface area contributed by atoms with Crippen LogP contribution in [0, 0.1) is 17.0 Å². The Hall–Kier alpha value is -3.46. The van der Waals surface area contributed by atoms with Crippen LogP contribution < -0.4 is 15.4 Å². The van der Waals surface area contributed by atoms with Gasteiger partial charge >= 0.3 is 0 Å². The highest BCUT2D eigenvalue weighted by atomic mass is 32.1. The zero-order valence-corrected chi connectivity index (χ0v) is 15.3. The molecule has 0 radical (unpaired) electrons. The molecule has 0 bridgehead atoms. The van der Waals surface area contributed by atoms with Gasteiger partial charge in [0.2, 0.25) is 0 Å². The molecule has 0 unspecified atom stereocenters. The number of fused-ring (bicyclic) bond motifs is 1. The minimum Gasteiger partial charge on any atom is -0.494 e. The summed E-state index contributed by atoms with van der Waals surface area (Å²) in [6.45, 7) is 1.79. The molecule has 0 atom stereocenters. The normalized spacial score (nSPS) is 10.4. The van der Waals surface area contributed by atoms with E-state index in [-0.39, 0.29) is 22.3 Å². The highest BCUT2D eigenvalue weighted by molar-refractivity contribution is 7.80. The van der Waals surface area contributed by atoms with Gasteiger partial charge in [-0.05, 0) is 31.3 Å². The van der Waals surface area contributed by atoms with Crippen LogP contribution in [0.4, 0.5) is 11.4 Å². The lowest BCUT2D eigenvalue weighted by molar-refractivity contribution is -0.384. The second-order valence-electron chi connectivity index (χ2n) is 5.60. The molecule has 0 fully saturated rings. The van der Waals surface area contributed by atoms with Crippen LogP contribution in [0.5, 0.6) is 5.75 Å². The van der Waals surface area contributed by atoms with Gasteiger partial charge in [-0.15, -0.1) is 0 Å². The summed E-state index contributed by atoms with van der Waals surface area (Å²) in [4.78, 5) is 22.8. The third-order valence-corrected chi connectivity index (χ3v) is 4.13. The first-order chi connectivity index (χ1) is 12.9. The first-order valence-corrected chi connectivity index (χ1v) is 8.24. The van der Waals surface area contributed by atoms with Gasteiger partial charge < -0.3 is 14.5 Å². The van der Waals surface area contributed by atoms with Crippen molar-refractivity contribution in [2.45, 2.75) is 6.92 Å². The number of nitrogens with one attached hydrogen (secondary N) is 2. The first-order valence-electron chi connectivity index (χ1n) is 7.83. The fourth-order valence-electron chi connectivity index (χ4n) is 2.60. The Balaban J connectivity index is 1.76. The largest absolute Gasteiger partial charge is 0.494 e. The molecule has 3 aromatic rings. The van der Waals surface area contributed by atoms with Crippen LogP contribution in [0.3, 0.4) is 0 Å². The average molecular weight is 385 g/mol. The number of para-hydroxylation sites is 1. The molecule has 2 N–H and O–H groups in total. The second-order valence-corrected chi connectivity index (χ2v) is 6.01. The van der Waals surface area contributed by atoms with Crippen LogP contribution in [0.15, 0.2) is 46.9 Å². The fourth-order valence-corrected chi connectivity index (χ4v) is 2.80. The van der Waals surface area contributed by atoms with Crippen LogP contribution in [-0.2, 0) is 0 Å². The third-order valence-electron chi connectivity index (χ3n) is 3.92. The van der Waals surface area contributed by atoms with E-state index in [0.29, 0.717) is 16.8 Å². The lowest BCUT2D eigenvalue weighted by Gasteiger charge is -2.12. The molecule has 3 rings (SSSR count). The van der Waals surface area contributed by atoms with Crippen LogP contribution in [-0.4, -0.2) is 23.1 Å². The van der Waals surface area contributed by atoms with E-state index in [9.17, 15) is 14.9 Å². The summed E-state index contributed by atoms with van der Waals surface area (Å²) < 4.78 is 10.7. The molecule has 1 aromatic heterocycles. The summed E-state index contributed by atoms with van der Waals surface area (Å²) in [5.74, 6) is -0.112. The Morgan fingerprint density at radius 2 is 2.00 bits per heavy atom. The van der Waals surface area contributed by atoms with E-state index in [2.05, 4.69) is 10.6 Å². The number of aryl methyl sites for hydroxylation is 1. The van der Waals surface area contributed by atoms with E-state index in [1.165, 1.54) is 25.3 Å². The van der Waals surface area contributed by atoms with E-state index in [1.54, 1.807) is 13.0 Å². The molecule has 1 amide bonds. The summed E-state index contributed by atoms with van der Waals surface area (Å²) in [6.07, 6.45) is 0. The molecule has 27 heavy (non-hydrogen) atoms. The molecular formula is C18H15N3O5S. The van der Waals surface area contributed by atoms with E-state index in [0.717, 1.165) is 5.39 Å². The number of anilines is 1. The van der Waals surface area contributed by atoms with Crippen molar-refractivity contribution in [1.82, 2.24) is 5.32 Å². The number of methoxy groups -OCH3 is 1. The summed E-state index contributed by atoms with van der Waals surface area (Å²) in [7, 11) is 1.38. The maximum absolute atomic E-state index is 12.5. The number of carbonyl (C=O) groups is 1. The van der Waals surface area contributed by atoms with Gasteiger partial charge in [0, 0.05) is 17.0 Å². The van der Waals surface area contributed by atoms with Gasteiger partial charge in [-0.3, -0.25) is 20.2 Å². The van der Waals surface area contributed by atoms with Crippen molar-refractivity contribution in [3.8, 4) is 5.75 Å². The van der Waals surface area contributed by atoms with Gasteiger partial charge in [0.1, 0.15) is 11.3 Å². The monoisotopic (exact) mass is 385 g/mol.